The van der Waals surface area contributed by atoms with Crippen molar-refractivity contribution in [2.45, 2.75) is 44.6 Å². The van der Waals surface area contributed by atoms with Gasteiger partial charge in [0.05, 0.1) is 11.2 Å². The average molecular weight is 304 g/mol. The lowest BCUT2D eigenvalue weighted by Crippen LogP contribution is -2.40. The summed E-state index contributed by atoms with van der Waals surface area (Å²) in [5.41, 5.74) is 7.96. The van der Waals surface area contributed by atoms with Crippen LogP contribution < -0.4 is 5.73 Å². The van der Waals surface area contributed by atoms with Gasteiger partial charge in [-0.1, -0.05) is 25.5 Å². The summed E-state index contributed by atoms with van der Waals surface area (Å²) in [6.45, 7) is 2.25. The van der Waals surface area contributed by atoms with Crippen LogP contribution in [0.25, 0.3) is 11.3 Å². The molecule has 21 heavy (non-hydrogen) atoms. The van der Waals surface area contributed by atoms with Gasteiger partial charge in [0.25, 0.3) is 0 Å². The second-order valence-corrected chi connectivity index (χ2v) is 6.91. The lowest BCUT2D eigenvalue weighted by molar-refractivity contribution is 0.231. The van der Waals surface area contributed by atoms with Crippen molar-refractivity contribution in [1.29, 1.82) is 0 Å². The van der Waals surface area contributed by atoms with Crippen LogP contribution in [0.3, 0.4) is 0 Å². The minimum atomic E-state index is -0.290. The molecule has 0 amide bonds. The van der Waals surface area contributed by atoms with Gasteiger partial charge in [0, 0.05) is 10.9 Å². The van der Waals surface area contributed by atoms with Gasteiger partial charge in [0.1, 0.15) is 10.8 Å². The Hall–Kier alpha value is -1.26. The molecule has 1 saturated carbocycles. The summed E-state index contributed by atoms with van der Waals surface area (Å²) in [5.74, 6) is 0.581. The molecule has 1 aromatic carbocycles. The summed E-state index contributed by atoms with van der Waals surface area (Å²) < 4.78 is 13.3. The smallest absolute Gasteiger partial charge is 0.123 e. The standard InChI is InChI=1S/C17H21FN2S/c1-2-12-6-8-17(19,9-7-12)16-20-15(11-21-16)13-4-3-5-14(18)10-13/h3-5,10-12H,2,6-9,19H2,1H3. The molecular formula is C17H21FN2S. The largest absolute Gasteiger partial charge is 0.319 e. The molecule has 0 atom stereocenters. The Morgan fingerprint density at radius 2 is 2.14 bits per heavy atom. The van der Waals surface area contributed by atoms with Crippen molar-refractivity contribution in [3.8, 4) is 11.3 Å². The Balaban J connectivity index is 1.82. The van der Waals surface area contributed by atoms with Crippen LogP contribution in [-0.2, 0) is 5.54 Å². The molecule has 0 spiro atoms. The summed E-state index contributed by atoms with van der Waals surface area (Å²) in [6, 6.07) is 6.58. The summed E-state index contributed by atoms with van der Waals surface area (Å²) in [5, 5.41) is 2.99. The maximum Gasteiger partial charge on any atom is 0.123 e. The van der Waals surface area contributed by atoms with Gasteiger partial charge in [-0.15, -0.1) is 11.3 Å². The van der Waals surface area contributed by atoms with E-state index in [1.807, 2.05) is 11.4 Å². The third-order valence-electron chi connectivity index (χ3n) is 4.63. The highest BCUT2D eigenvalue weighted by Crippen LogP contribution is 2.40. The molecule has 1 aliphatic carbocycles. The minimum Gasteiger partial charge on any atom is -0.319 e. The van der Waals surface area contributed by atoms with Crippen molar-refractivity contribution in [2.75, 3.05) is 0 Å². The topological polar surface area (TPSA) is 38.9 Å². The second-order valence-electron chi connectivity index (χ2n) is 6.06. The van der Waals surface area contributed by atoms with Crippen LogP contribution in [0.5, 0.6) is 0 Å². The van der Waals surface area contributed by atoms with Crippen LogP contribution >= 0.6 is 11.3 Å². The predicted octanol–water partition coefficient (Wildman–Crippen LogP) is 4.70. The first-order chi connectivity index (χ1) is 10.1. The van der Waals surface area contributed by atoms with Gasteiger partial charge >= 0.3 is 0 Å². The van der Waals surface area contributed by atoms with Crippen molar-refractivity contribution in [1.82, 2.24) is 4.98 Å². The van der Waals surface area contributed by atoms with E-state index in [0.717, 1.165) is 35.0 Å². The minimum absolute atomic E-state index is 0.229. The SMILES string of the molecule is CCC1CCC(N)(c2nc(-c3cccc(F)c3)cs2)CC1. The number of nitrogens with zero attached hydrogens (tertiary/aromatic N) is 1. The summed E-state index contributed by atoms with van der Waals surface area (Å²) in [6.07, 6.45) is 5.61. The van der Waals surface area contributed by atoms with Crippen molar-refractivity contribution in [3.05, 3.63) is 40.5 Å². The molecule has 1 aromatic heterocycles. The molecular weight excluding hydrogens is 283 g/mol. The number of nitrogens with two attached hydrogens (primary N) is 1. The molecule has 4 heteroatoms. The zero-order chi connectivity index (χ0) is 14.9. The molecule has 2 aromatic rings. The van der Waals surface area contributed by atoms with E-state index in [0.29, 0.717) is 0 Å². The van der Waals surface area contributed by atoms with Gasteiger partial charge in [-0.3, -0.25) is 0 Å². The zero-order valence-corrected chi connectivity index (χ0v) is 13.1. The van der Waals surface area contributed by atoms with Gasteiger partial charge in [-0.05, 0) is 43.7 Å². The number of benzene rings is 1. The highest BCUT2D eigenvalue weighted by Gasteiger charge is 2.35. The Kier molecular flexibility index (Phi) is 4.09. The Morgan fingerprint density at radius 3 is 2.81 bits per heavy atom. The van der Waals surface area contributed by atoms with Gasteiger partial charge in [0.15, 0.2) is 0 Å². The normalized spacial score (nSPS) is 26.0. The van der Waals surface area contributed by atoms with Crippen LogP contribution in [0.2, 0.25) is 0 Å². The maximum absolute atomic E-state index is 13.3. The fourth-order valence-electron chi connectivity index (χ4n) is 3.10. The molecule has 3 rings (SSSR count). The first-order valence-corrected chi connectivity index (χ1v) is 8.49. The number of aromatic nitrogens is 1. The second kappa shape index (κ2) is 5.85. The van der Waals surface area contributed by atoms with Gasteiger partial charge in [-0.25, -0.2) is 9.37 Å². The van der Waals surface area contributed by atoms with Gasteiger partial charge < -0.3 is 5.73 Å². The van der Waals surface area contributed by atoms with E-state index in [4.69, 9.17) is 10.7 Å². The number of rotatable bonds is 3. The van der Waals surface area contributed by atoms with E-state index in [9.17, 15) is 4.39 Å². The van der Waals surface area contributed by atoms with E-state index < -0.39 is 0 Å². The monoisotopic (exact) mass is 304 g/mol. The predicted molar refractivity (Wildman–Crippen MR) is 85.6 cm³/mol. The number of halogens is 1. The van der Waals surface area contributed by atoms with Crippen LogP contribution in [0, 0.1) is 11.7 Å². The van der Waals surface area contributed by atoms with Crippen LogP contribution in [0.4, 0.5) is 4.39 Å². The van der Waals surface area contributed by atoms with E-state index in [1.165, 1.54) is 31.4 Å². The maximum atomic E-state index is 13.3. The third kappa shape index (κ3) is 3.01. The first kappa shape index (κ1) is 14.7. The van der Waals surface area contributed by atoms with Gasteiger partial charge in [0.2, 0.25) is 0 Å². The van der Waals surface area contributed by atoms with Crippen molar-refractivity contribution >= 4 is 11.3 Å². The molecule has 1 aliphatic rings. The van der Waals surface area contributed by atoms with E-state index >= 15 is 0 Å². The van der Waals surface area contributed by atoms with Crippen LogP contribution in [0.15, 0.2) is 29.6 Å². The fraction of sp³-hybridized carbons (Fsp3) is 0.471. The number of thiazole rings is 1. The van der Waals surface area contributed by atoms with E-state index in [2.05, 4.69) is 6.92 Å². The van der Waals surface area contributed by atoms with E-state index in [-0.39, 0.29) is 11.4 Å². The zero-order valence-electron chi connectivity index (χ0n) is 12.3. The highest BCUT2D eigenvalue weighted by molar-refractivity contribution is 7.10. The number of hydrogen-bond donors (Lipinski definition) is 1. The summed E-state index contributed by atoms with van der Waals surface area (Å²) in [7, 11) is 0. The van der Waals surface area contributed by atoms with Crippen molar-refractivity contribution < 1.29 is 4.39 Å². The molecule has 2 N–H and O–H groups in total. The van der Waals surface area contributed by atoms with Crippen molar-refractivity contribution in [3.63, 3.8) is 0 Å². The molecule has 0 bridgehead atoms. The summed E-state index contributed by atoms with van der Waals surface area (Å²) >= 11 is 1.61. The third-order valence-corrected chi connectivity index (χ3v) is 5.69. The molecule has 0 saturated heterocycles. The fourth-order valence-corrected chi connectivity index (χ4v) is 4.10. The molecule has 1 fully saturated rings. The Labute approximate surface area is 129 Å². The molecule has 0 aliphatic heterocycles. The molecule has 1 heterocycles. The van der Waals surface area contributed by atoms with Crippen molar-refractivity contribution in [2.24, 2.45) is 11.7 Å². The average Bonchev–Trinajstić information content (AvgIpc) is 2.99. The highest BCUT2D eigenvalue weighted by atomic mass is 32.1. The lowest BCUT2D eigenvalue weighted by atomic mass is 9.76. The summed E-state index contributed by atoms with van der Waals surface area (Å²) in [4.78, 5) is 4.69. The molecule has 2 nitrogen and oxygen atoms in total. The number of hydrogen-bond acceptors (Lipinski definition) is 3. The van der Waals surface area contributed by atoms with Crippen LogP contribution in [-0.4, -0.2) is 4.98 Å². The Bertz CT molecular complexity index is 615. The molecule has 0 unspecified atom stereocenters. The quantitative estimate of drug-likeness (QED) is 0.892. The van der Waals surface area contributed by atoms with Gasteiger partial charge in [-0.2, -0.15) is 0 Å². The lowest BCUT2D eigenvalue weighted by Gasteiger charge is -2.35. The van der Waals surface area contributed by atoms with E-state index in [1.54, 1.807) is 17.4 Å². The first-order valence-electron chi connectivity index (χ1n) is 7.61. The molecule has 0 radical (unpaired) electrons. The van der Waals surface area contributed by atoms with Crippen LogP contribution in [0.1, 0.15) is 44.0 Å². The Morgan fingerprint density at radius 1 is 1.38 bits per heavy atom. The molecule has 112 valence electrons.